The zero-order valence-electron chi connectivity index (χ0n) is 16.4. The van der Waals surface area contributed by atoms with Crippen LogP contribution in [0.25, 0.3) is 10.5 Å². The third-order valence-electron chi connectivity index (χ3n) is 3.98. The normalized spacial score (nSPS) is 13.0. The van der Waals surface area contributed by atoms with E-state index in [2.05, 4.69) is 22.1 Å². The van der Waals surface area contributed by atoms with E-state index in [1.54, 1.807) is 25.6 Å². The molecule has 3 rings (SSSR count). The minimum absolute atomic E-state index is 0.199. The van der Waals surface area contributed by atoms with Gasteiger partial charge in [-0.3, -0.25) is 0 Å². The molecule has 0 aromatic carbocycles. The number of nitrogens with one attached hydrogen (secondary N) is 1. The molecule has 1 aliphatic rings. The number of thiazole rings is 1. The van der Waals surface area contributed by atoms with Gasteiger partial charge in [-0.2, -0.15) is 5.26 Å². The molecule has 3 heterocycles. The predicted molar refractivity (Wildman–Crippen MR) is 120 cm³/mol. The Morgan fingerprint density at radius 2 is 2.23 bits per heavy atom. The second-order valence-corrected chi connectivity index (χ2v) is 8.72. The van der Waals surface area contributed by atoms with E-state index in [1.165, 1.54) is 24.6 Å². The van der Waals surface area contributed by atoms with Crippen LogP contribution in [0.1, 0.15) is 43.2 Å². The van der Waals surface area contributed by atoms with Crippen LogP contribution in [0, 0.1) is 18.3 Å². The van der Waals surface area contributed by atoms with E-state index in [-0.39, 0.29) is 12.2 Å². The van der Waals surface area contributed by atoms with Crippen LogP contribution in [-0.4, -0.2) is 36.4 Å². The molecule has 0 atom stereocenters. The first-order valence-electron chi connectivity index (χ1n) is 8.80. The third-order valence-corrected chi connectivity index (χ3v) is 7.00. The first-order valence-corrected chi connectivity index (χ1v) is 11.5. The van der Waals surface area contributed by atoms with E-state index < -0.39 is 11.9 Å². The lowest BCUT2D eigenvalue weighted by atomic mass is 10.1. The summed E-state index contributed by atoms with van der Waals surface area (Å²) >= 11 is 4.05. The maximum atomic E-state index is 12.4. The van der Waals surface area contributed by atoms with Crippen molar-refractivity contribution < 1.29 is 19.1 Å². The Hall–Kier alpha value is -2.83. The summed E-state index contributed by atoms with van der Waals surface area (Å²) in [6, 6.07) is 2.12. The zero-order chi connectivity index (χ0) is 21.7. The molecule has 0 bridgehead atoms. The van der Waals surface area contributed by atoms with Crippen LogP contribution in [-0.2, 0) is 9.47 Å². The summed E-state index contributed by atoms with van der Waals surface area (Å²) in [6.07, 6.45) is 3.42. The number of nitriles is 1. The van der Waals surface area contributed by atoms with E-state index >= 15 is 0 Å². The van der Waals surface area contributed by atoms with Crippen LogP contribution in [0.15, 0.2) is 23.4 Å². The molecule has 0 aliphatic carbocycles. The van der Waals surface area contributed by atoms with Crippen molar-refractivity contribution in [3.05, 3.63) is 50.1 Å². The van der Waals surface area contributed by atoms with Gasteiger partial charge in [0, 0.05) is 17.3 Å². The number of thiophene rings is 1. The molecular formula is C20H17N3O4S3. The van der Waals surface area contributed by atoms with Gasteiger partial charge in [-0.25, -0.2) is 14.6 Å². The van der Waals surface area contributed by atoms with Crippen molar-refractivity contribution in [2.75, 3.05) is 24.8 Å². The fourth-order valence-electron chi connectivity index (χ4n) is 2.58. The first kappa shape index (κ1) is 21.9. The molecule has 0 radical (unpaired) electrons. The largest absolute Gasteiger partial charge is 0.465 e. The highest BCUT2D eigenvalue weighted by molar-refractivity contribution is 8.08. The Labute approximate surface area is 185 Å². The van der Waals surface area contributed by atoms with Crippen LogP contribution in [0.5, 0.6) is 0 Å². The number of ether oxygens (including phenoxy) is 2. The molecule has 154 valence electrons. The van der Waals surface area contributed by atoms with Gasteiger partial charge in [0.2, 0.25) is 0 Å². The molecule has 0 amide bonds. The monoisotopic (exact) mass is 459 g/mol. The number of carbonyl (C=O) groups excluding carboxylic acids is 2. The number of anilines is 1. The van der Waals surface area contributed by atoms with Crippen molar-refractivity contribution in [3.63, 3.8) is 0 Å². The standard InChI is InChI=1S/C20H17N3O4S3/c1-4-27-19(24)15-11(2)16(20(25)26-3)30-18(15)22-9-12(8-21)17-23-13(10-29-17)14-6-5-7-28-14/h5,9-10,22H,4,7H2,1-3H3/b12-9-. The molecule has 10 heteroatoms. The second-order valence-electron chi connectivity index (χ2n) is 5.81. The molecule has 1 aliphatic heterocycles. The van der Waals surface area contributed by atoms with Gasteiger partial charge in [0.15, 0.2) is 0 Å². The Morgan fingerprint density at radius 3 is 2.87 bits per heavy atom. The number of methoxy groups -OCH3 is 1. The van der Waals surface area contributed by atoms with Gasteiger partial charge in [-0.15, -0.1) is 40.2 Å². The molecule has 1 N–H and O–H groups in total. The summed E-state index contributed by atoms with van der Waals surface area (Å²) in [6.45, 7) is 3.56. The van der Waals surface area contributed by atoms with Crippen molar-refractivity contribution in [2.24, 2.45) is 0 Å². The molecule has 0 saturated carbocycles. The van der Waals surface area contributed by atoms with Gasteiger partial charge >= 0.3 is 11.9 Å². The number of nitrogens with zero attached hydrogens (tertiary/aromatic N) is 2. The number of aromatic nitrogens is 1. The van der Waals surface area contributed by atoms with Gasteiger partial charge in [0.05, 0.1) is 29.9 Å². The Balaban J connectivity index is 1.93. The number of hydrogen-bond acceptors (Lipinski definition) is 10. The lowest BCUT2D eigenvalue weighted by molar-refractivity contribution is 0.0527. The minimum atomic E-state index is -0.552. The zero-order valence-corrected chi connectivity index (χ0v) is 18.8. The van der Waals surface area contributed by atoms with Crippen molar-refractivity contribution in [1.82, 2.24) is 4.98 Å². The lowest BCUT2D eigenvalue weighted by Gasteiger charge is -2.05. The molecule has 2 aromatic rings. The van der Waals surface area contributed by atoms with Crippen molar-refractivity contribution >= 4 is 61.9 Å². The summed E-state index contributed by atoms with van der Waals surface area (Å²) in [4.78, 5) is 30.2. The summed E-state index contributed by atoms with van der Waals surface area (Å²) in [5.74, 6) is -0.230. The van der Waals surface area contributed by atoms with Crippen LogP contribution < -0.4 is 5.32 Å². The fourth-order valence-corrected chi connectivity index (χ4v) is 5.27. The SMILES string of the molecule is CCOC(=O)c1c(N/C=C(/C#N)c2nc(C3=C=CCS3)cs2)sc(C(=O)OC)c1C. The highest BCUT2D eigenvalue weighted by Crippen LogP contribution is 2.35. The molecule has 7 nitrogen and oxygen atoms in total. The molecule has 0 spiro atoms. The second kappa shape index (κ2) is 9.78. The number of esters is 2. The van der Waals surface area contributed by atoms with Crippen molar-refractivity contribution in [2.45, 2.75) is 13.8 Å². The summed E-state index contributed by atoms with van der Waals surface area (Å²) < 4.78 is 9.91. The van der Waals surface area contributed by atoms with Crippen LogP contribution >= 0.6 is 34.4 Å². The molecule has 2 aromatic heterocycles. The van der Waals surface area contributed by atoms with Crippen LogP contribution in [0.3, 0.4) is 0 Å². The van der Waals surface area contributed by atoms with Crippen LogP contribution in [0.4, 0.5) is 5.00 Å². The summed E-state index contributed by atoms with van der Waals surface area (Å²) in [7, 11) is 1.28. The Kier molecular flexibility index (Phi) is 7.13. The van der Waals surface area contributed by atoms with E-state index in [9.17, 15) is 14.9 Å². The number of hydrogen-bond donors (Lipinski definition) is 1. The molecule has 0 saturated heterocycles. The van der Waals surface area contributed by atoms with Crippen molar-refractivity contribution in [3.8, 4) is 6.07 Å². The number of thioether (sulfide) groups is 1. The third kappa shape index (κ3) is 4.50. The van der Waals surface area contributed by atoms with Crippen LogP contribution in [0.2, 0.25) is 0 Å². The Morgan fingerprint density at radius 1 is 1.43 bits per heavy atom. The topological polar surface area (TPSA) is 101 Å². The maximum Gasteiger partial charge on any atom is 0.348 e. The van der Waals surface area contributed by atoms with E-state index in [4.69, 9.17) is 9.47 Å². The average Bonchev–Trinajstić information content (AvgIpc) is 3.48. The molecule has 0 unspecified atom stereocenters. The average molecular weight is 460 g/mol. The highest BCUT2D eigenvalue weighted by atomic mass is 32.2. The number of allylic oxidation sites excluding steroid dienone is 1. The molecule has 30 heavy (non-hydrogen) atoms. The van der Waals surface area contributed by atoms with Gasteiger partial charge < -0.3 is 14.8 Å². The highest BCUT2D eigenvalue weighted by Gasteiger charge is 2.26. The van der Waals surface area contributed by atoms with E-state index in [1.807, 2.05) is 11.5 Å². The van der Waals surface area contributed by atoms with Gasteiger partial charge in [-0.05, 0) is 25.5 Å². The molecular weight excluding hydrogens is 442 g/mol. The minimum Gasteiger partial charge on any atom is -0.465 e. The summed E-state index contributed by atoms with van der Waals surface area (Å²) in [5.41, 5.74) is 4.94. The smallest absolute Gasteiger partial charge is 0.348 e. The van der Waals surface area contributed by atoms with Gasteiger partial charge in [0.25, 0.3) is 0 Å². The fraction of sp³-hybridized carbons (Fsp3) is 0.250. The van der Waals surface area contributed by atoms with E-state index in [0.29, 0.717) is 26.0 Å². The maximum absolute atomic E-state index is 12.4. The number of carbonyl (C=O) groups is 2. The van der Waals surface area contributed by atoms with Gasteiger partial charge in [0.1, 0.15) is 26.5 Å². The molecule has 0 fully saturated rings. The summed E-state index contributed by atoms with van der Waals surface area (Å²) in [5, 5.41) is 15.4. The Bertz CT molecular complexity index is 1130. The first-order chi connectivity index (χ1) is 14.5. The van der Waals surface area contributed by atoms with Crippen molar-refractivity contribution in [1.29, 1.82) is 5.26 Å². The van der Waals surface area contributed by atoms with E-state index in [0.717, 1.165) is 27.7 Å². The predicted octanol–water partition coefficient (Wildman–Crippen LogP) is 4.70. The lowest BCUT2D eigenvalue weighted by Crippen LogP contribution is -2.08. The quantitative estimate of drug-likeness (QED) is 0.361. The van der Waals surface area contributed by atoms with Gasteiger partial charge in [-0.1, -0.05) is 0 Å². The number of rotatable bonds is 7.